The summed E-state index contributed by atoms with van der Waals surface area (Å²) >= 11 is 3.37. The molecule has 19 heavy (non-hydrogen) atoms. The van der Waals surface area contributed by atoms with E-state index in [1.54, 1.807) is 4.90 Å². The number of carboxylic acids is 1. The SMILES string of the molecule is Cc1cc(Br)ccc1N1CC(CC(=O)O)OCC1=O. The smallest absolute Gasteiger partial charge is 0.306 e. The Morgan fingerprint density at radius 2 is 2.32 bits per heavy atom. The quantitative estimate of drug-likeness (QED) is 0.921. The van der Waals surface area contributed by atoms with Crippen molar-refractivity contribution < 1.29 is 19.4 Å². The average molecular weight is 328 g/mol. The van der Waals surface area contributed by atoms with Gasteiger partial charge >= 0.3 is 5.97 Å². The van der Waals surface area contributed by atoms with Crippen molar-refractivity contribution in [3.63, 3.8) is 0 Å². The van der Waals surface area contributed by atoms with Gasteiger partial charge in [0.1, 0.15) is 6.61 Å². The maximum Gasteiger partial charge on any atom is 0.306 e. The summed E-state index contributed by atoms with van der Waals surface area (Å²) in [7, 11) is 0. The van der Waals surface area contributed by atoms with Crippen molar-refractivity contribution in [2.75, 3.05) is 18.1 Å². The van der Waals surface area contributed by atoms with Crippen LogP contribution in [0.4, 0.5) is 5.69 Å². The van der Waals surface area contributed by atoms with Crippen LogP contribution in [0.25, 0.3) is 0 Å². The predicted octanol–water partition coefficient (Wildman–Crippen LogP) is 1.96. The van der Waals surface area contributed by atoms with Crippen LogP contribution in [-0.2, 0) is 14.3 Å². The molecule has 5 nitrogen and oxygen atoms in total. The van der Waals surface area contributed by atoms with Gasteiger partial charge < -0.3 is 14.7 Å². The number of anilines is 1. The fourth-order valence-corrected chi connectivity index (χ4v) is 2.57. The molecule has 1 aromatic rings. The van der Waals surface area contributed by atoms with Crippen molar-refractivity contribution in [2.24, 2.45) is 0 Å². The molecule has 1 heterocycles. The number of benzene rings is 1. The molecule has 1 atom stereocenters. The van der Waals surface area contributed by atoms with E-state index in [-0.39, 0.29) is 25.5 Å². The van der Waals surface area contributed by atoms with Crippen molar-refractivity contribution in [1.29, 1.82) is 0 Å². The zero-order valence-corrected chi connectivity index (χ0v) is 12.0. The molecule has 1 aliphatic rings. The van der Waals surface area contributed by atoms with Gasteiger partial charge in [0, 0.05) is 10.2 Å². The third kappa shape index (κ3) is 3.33. The van der Waals surface area contributed by atoms with Gasteiger partial charge in [-0.05, 0) is 30.7 Å². The summed E-state index contributed by atoms with van der Waals surface area (Å²) in [6.45, 7) is 2.11. The summed E-state index contributed by atoms with van der Waals surface area (Å²) in [5, 5.41) is 8.79. The van der Waals surface area contributed by atoms with Crippen LogP contribution < -0.4 is 4.90 Å². The lowest BCUT2D eigenvalue weighted by Gasteiger charge is -2.33. The molecule has 1 saturated heterocycles. The Morgan fingerprint density at radius 1 is 1.58 bits per heavy atom. The molecule has 1 fully saturated rings. The second kappa shape index (κ2) is 5.71. The van der Waals surface area contributed by atoms with Crippen LogP contribution in [0.3, 0.4) is 0 Å². The Balaban J connectivity index is 2.21. The molecule has 0 radical (unpaired) electrons. The molecular weight excluding hydrogens is 314 g/mol. The normalized spacial score (nSPS) is 19.6. The molecule has 0 aromatic heterocycles. The van der Waals surface area contributed by atoms with Crippen LogP contribution >= 0.6 is 15.9 Å². The number of carboxylic acid groups (broad SMARTS) is 1. The number of ether oxygens (including phenoxy) is 1. The first-order chi connectivity index (χ1) is 8.97. The average Bonchev–Trinajstić information content (AvgIpc) is 2.31. The second-order valence-electron chi connectivity index (χ2n) is 4.47. The number of carbonyl (C=O) groups excluding carboxylic acids is 1. The molecule has 1 amide bonds. The minimum Gasteiger partial charge on any atom is -0.481 e. The Kier molecular flexibility index (Phi) is 4.21. The summed E-state index contributed by atoms with van der Waals surface area (Å²) in [6, 6.07) is 5.63. The van der Waals surface area contributed by atoms with Crippen molar-refractivity contribution in [3.8, 4) is 0 Å². The highest BCUT2D eigenvalue weighted by Crippen LogP contribution is 2.26. The first-order valence-corrected chi connectivity index (χ1v) is 6.66. The van der Waals surface area contributed by atoms with Crippen molar-refractivity contribution in [3.05, 3.63) is 28.2 Å². The third-order valence-electron chi connectivity index (χ3n) is 2.98. The molecule has 1 aliphatic heterocycles. The number of amides is 1. The van der Waals surface area contributed by atoms with Gasteiger partial charge in [0.25, 0.3) is 5.91 Å². The standard InChI is InChI=1S/C13H14BrNO4/c1-8-4-9(14)2-3-11(8)15-6-10(5-13(17)18)19-7-12(15)16/h2-4,10H,5-7H2,1H3,(H,17,18). The van der Waals surface area contributed by atoms with Crippen LogP contribution in [0.5, 0.6) is 0 Å². The van der Waals surface area contributed by atoms with Crippen molar-refractivity contribution in [2.45, 2.75) is 19.4 Å². The molecule has 1 N–H and O–H groups in total. The highest BCUT2D eigenvalue weighted by atomic mass is 79.9. The van der Waals surface area contributed by atoms with Gasteiger partial charge in [-0.25, -0.2) is 0 Å². The van der Waals surface area contributed by atoms with E-state index in [1.165, 1.54) is 0 Å². The van der Waals surface area contributed by atoms with Crippen LogP contribution in [0.2, 0.25) is 0 Å². The number of hydrogen-bond acceptors (Lipinski definition) is 3. The van der Waals surface area contributed by atoms with Gasteiger partial charge in [0.2, 0.25) is 0 Å². The van der Waals surface area contributed by atoms with Gasteiger partial charge in [-0.1, -0.05) is 15.9 Å². The van der Waals surface area contributed by atoms with Crippen LogP contribution in [0, 0.1) is 6.92 Å². The zero-order chi connectivity index (χ0) is 14.0. The lowest BCUT2D eigenvalue weighted by atomic mass is 10.1. The van der Waals surface area contributed by atoms with E-state index in [0.717, 1.165) is 15.7 Å². The molecule has 0 spiro atoms. The Bertz CT molecular complexity index is 517. The highest BCUT2D eigenvalue weighted by molar-refractivity contribution is 9.10. The maximum atomic E-state index is 11.9. The fourth-order valence-electron chi connectivity index (χ4n) is 2.10. The van der Waals surface area contributed by atoms with Gasteiger partial charge in [-0.2, -0.15) is 0 Å². The summed E-state index contributed by atoms with van der Waals surface area (Å²) in [6.07, 6.45) is -0.558. The monoisotopic (exact) mass is 327 g/mol. The minimum absolute atomic E-state index is 0.0759. The van der Waals surface area contributed by atoms with E-state index >= 15 is 0 Å². The molecule has 1 unspecified atom stereocenters. The molecule has 0 bridgehead atoms. The Morgan fingerprint density at radius 3 is 2.95 bits per heavy atom. The van der Waals surface area contributed by atoms with E-state index in [1.807, 2.05) is 25.1 Å². The second-order valence-corrected chi connectivity index (χ2v) is 5.38. The Hall–Kier alpha value is -1.40. The highest BCUT2D eigenvalue weighted by Gasteiger charge is 2.29. The van der Waals surface area contributed by atoms with Gasteiger partial charge in [0.15, 0.2) is 0 Å². The minimum atomic E-state index is -0.924. The van der Waals surface area contributed by atoms with Crippen molar-refractivity contribution in [1.82, 2.24) is 0 Å². The van der Waals surface area contributed by atoms with Crippen LogP contribution in [-0.4, -0.2) is 36.2 Å². The molecule has 2 rings (SSSR count). The molecule has 0 saturated carbocycles. The van der Waals surface area contributed by atoms with E-state index in [4.69, 9.17) is 9.84 Å². The lowest BCUT2D eigenvalue weighted by Crippen LogP contribution is -2.47. The molecule has 6 heteroatoms. The number of halogens is 1. The predicted molar refractivity (Wildman–Crippen MR) is 73.2 cm³/mol. The molecule has 0 aliphatic carbocycles. The van der Waals surface area contributed by atoms with E-state index in [2.05, 4.69) is 15.9 Å². The van der Waals surface area contributed by atoms with E-state index in [0.29, 0.717) is 0 Å². The number of hydrogen-bond donors (Lipinski definition) is 1. The van der Waals surface area contributed by atoms with Crippen molar-refractivity contribution >= 4 is 33.5 Å². The summed E-state index contributed by atoms with van der Waals surface area (Å²) in [5.41, 5.74) is 1.76. The molecule has 1 aromatic carbocycles. The Labute approximate surface area is 119 Å². The first-order valence-electron chi connectivity index (χ1n) is 5.87. The number of morpholine rings is 1. The first kappa shape index (κ1) is 14.0. The third-order valence-corrected chi connectivity index (χ3v) is 3.47. The van der Waals surface area contributed by atoms with Gasteiger partial charge in [-0.3, -0.25) is 9.59 Å². The molecule has 102 valence electrons. The number of aryl methyl sites for hydroxylation is 1. The summed E-state index contributed by atoms with van der Waals surface area (Å²) in [5.74, 6) is -1.07. The maximum absolute atomic E-state index is 11.9. The van der Waals surface area contributed by atoms with E-state index < -0.39 is 12.1 Å². The molecular formula is C13H14BrNO4. The number of carbonyl (C=O) groups is 2. The zero-order valence-electron chi connectivity index (χ0n) is 10.4. The summed E-state index contributed by atoms with van der Waals surface area (Å²) < 4.78 is 6.18. The largest absolute Gasteiger partial charge is 0.481 e. The number of nitrogens with zero attached hydrogens (tertiary/aromatic N) is 1. The number of aliphatic carboxylic acids is 1. The van der Waals surface area contributed by atoms with Gasteiger partial charge in [0.05, 0.1) is 19.1 Å². The van der Waals surface area contributed by atoms with E-state index in [9.17, 15) is 9.59 Å². The van der Waals surface area contributed by atoms with Gasteiger partial charge in [-0.15, -0.1) is 0 Å². The summed E-state index contributed by atoms with van der Waals surface area (Å²) in [4.78, 5) is 24.2. The fraction of sp³-hybridized carbons (Fsp3) is 0.385. The lowest BCUT2D eigenvalue weighted by molar-refractivity contribution is -0.143. The van der Waals surface area contributed by atoms with Crippen LogP contribution in [0.1, 0.15) is 12.0 Å². The topological polar surface area (TPSA) is 66.8 Å². The number of rotatable bonds is 3. The van der Waals surface area contributed by atoms with Crippen LogP contribution in [0.15, 0.2) is 22.7 Å².